The van der Waals surface area contributed by atoms with Gasteiger partial charge in [-0.2, -0.15) is 0 Å². The largest absolute Gasteiger partial charge is 0.522 e. The average molecular weight is 246 g/mol. The highest BCUT2D eigenvalue weighted by molar-refractivity contribution is 5.34. The number of ether oxygens (including phenoxy) is 1. The van der Waals surface area contributed by atoms with Crippen LogP contribution >= 0.6 is 0 Å². The van der Waals surface area contributed by atoms with E-state index >= 15 is 0 Å². The van der Waals surface area contributed by atoms with E-state index in [0.29, 0.717) is 6.42 Å². The number of hydrogen-bond donors (Lipinski definition) is 1. The normalized spacial score (nSPS) is 23.8. The van der Waals surface area contributed by atoms with Crippen molar-refractivity contribution in [2.24, 2.45) is 5.92 Å². The van der Waals surface area contributed by atoms with Crippen LogP contribution < -0.4 is 0 Å². The van der Waals surface area contributed by atoms with Crippen LogP contribution in [0.25, 0.3) is 0 Å². The van der Waals surface area contributed by atoms with Crippen molar-refractivity contribution >= 4 is 0 Å². The molecule has 0 aliphatic heterocycles. The summed E-state index contributed by atoms with van der Waals surface area (Å²) in [6, 6.07) is 7.38. The first-order valence-electron chi connectivity index (χ1n) is 5.44. The molecule has 2 unspecified atom stereocenters. The highest BCUT2D eigenvalue weighted by Gasteiger charge is 2.33. The molecular weight excluding hydrogens is 233 g/mol. The Morgan fingerprint density at radius 3 is 2.65 bits per heavy atom. The fourth-order valence-electron chi connectivity index (χ4n) is 2.24. The quantitative estimate of drug-likeness (QED) is 0.888. The smallest absolute Gasteiger partial charge is 0.388 e. The van der Waals surface area contributed by atoms with Gasteiger partial charge in [-0.05, 0) is 29.9 Å². The first-order valence-corrected chi connectivity index (χ1v) is 5.44. The van der Waals surface area contributed by atoms with Crippen molar-refractivity contribution in [1.29, 1.82) is 0 Å². The van der Waals surface area contributed by atoms with E-state index in [1.165, 1.54) is 0 Å². The van der Waals surface area contributed by atoms with Gasteiger partial charge in [-0.1, -0.05) is 24.3 Å². The number of benzene rings is 1. The zero-order valence-corrected chi connectivity index (χ0v) is 9.07. The van der Waals surface area contributed by atoms with E-state index in [0.717, 1.165) is 11.1 Å². The van der Waals surface area contributed by atoms with Gasteiger partial charge in [0, 0.05) is 0 Å². The van der Waals surface area contributed by atoms with Crippen LogP contribution in [-0.4, -0.2) is 18.1 Å². The lowest BCUT2D eigenvalue weighted by atomic mass is 10.0. The maximum absolute atomic E-state index is 11.8. The Balaban J connectivity index is 1.90. The summed E-state index contributed by atoms with van der Waals surface area (Å²) in [5, 5.41) is 9.93. The van der Waals surface area contributed by atoms with E-state index in [4.69, 9.17) is 0 Å². The van der Waals surface area contributed by atoms with Crippen molar-refractivity contribution in [2.75, 3.05) is 6.61 Å². The fourth-order valence-corrected chi connectivity index (χ4v) is 2.24. The number of aliphatic hydroxyl groups is 1. The van der Waals surface area contributed by atoms with Crippen LogP contribution in [-0.2, 0) is 11.2 Å². The predicted molar refractivity (Wildman–Crippen MR) is 55.2 cm³/mol. The lowest BCUT2D eigenvalue weighted by Crippen LogP contribution is -2.17. The molecule has 1 aromatic carbocycles. The summed E-state index contributed by atoms with van der Waals surface area (Å²) in [7, 11) is 0. The van der Waals surface area contributed by atoms with Crippen LogP contribution in [0.2, 0.25) is 0 Å². The van der Waals surface area contributed by atoms with Crippen LogP contribution in [0.5, 0.6) is 0 Å². The van der Waals surface area contributed by atoms with Gasteiger partial charge in [0.2, 0.25) is 0 Å². The fraction of sp³-hybridized carbons (Fsp3) is 0.500. The van der Waals surface area contributed by atoms with E-state index in [1.807, 2.05) is 24.3 Å². The van der Waals surface area contributed by atoms with E-state index in [9.17, 15) is 18.3 Å². The minimum atomic E-state index is -4.59. The molecule has 1 N–H and O–H groups in total. The number of hydrogen-bond acceptors (Lipinski definition) is 2. The summed E-state index contributed by atoms with van der Waals surface area (Å²) in [5.74, 6) is -0.185. The highest BCUT2D eigenvalue weighted by Crippen LogP contribution is 2.37. The molecule has 2 atom stereocenters. The first kappa shape index (κ1) is 12.4. The summed E-state index contributed by atoms with van der Waals surface area (Å²) in [6.45, 7) is -0.404. The monoisotopic (exact) mass is 246 g/mol. The summed E-state index contributed by atoms with van der Waals surface area (Å²) in [4.78, 5) is 0. The SMILES string of the molecule is OC1c2ccccc2CC1CCOC(F)(F)F. The molecule has 1 aliphatic carbocycles. The Morgan fingerprint density at radius 2 is 2.00 bits per heavy atom. The topological polar surface area (TPSA) is 29.5 Å². The lowest BCUT2D eigenvalue weighted by molar-refractivity contribution is -0.325. The van der Waals surface area contributed by atoms with Crippen molar-refractivity contribution in [2.45, 2.75) is 25.3 Å². The Kier molecular flexibility index (Phi) is 3.40. The summed E-state index contributed by atoms with van der Waals surface area (Å²) < 4.78 is 39.1. The molecule has 2 rings (SSSR count). The van der Waals surface area contributed by atoms with Gasteiger partial charge in [0.25, 0.3) is 0 Å². The van der Waals surface area contributed by atoms with E-state index < -0.39 is 19.1 Å². The van der Waals surface area contributed by atoms with Crippen molar-refractivity contribution in [3.8, 4) is 0 Å². The molecule has 2 nitrogen and oxygen atoms in total. The van der Waals surface area contributed by atoms with Crippen LogP contribution in [0.4, 0.5) is 13.2 Å². The summed E-state index contributed by atoms with van der Waals surface area (Å²) >= 11 is 0. The molecule has 0 fully saturated rings. The minimum absolute atomic E-state index is 0.185. The minimum Gasteiger partial charge on any atom is -0.388 e. The van der Waals surface area contributed by atoms with Crippen molar-refractivity contribution in [3.05, 3.63) is 35.4 Å². The molecule has 5 heteroatoms. The maximum Gasteiger partial charge on any atom is 0.522 e. The summed E-state index contributed by atoms with van der Waals surface area (Å²) in [5.41, 5.74) is 1.83. The van der Waals surface area contributed by atoms with Crippen LogP contribution in [0.3, 0.4) is 0 Å². The molecule has 0 aromatic heterocycles. The Bertz CT molecular complexity index is 390. The zero-order valence-electron chi connectivity index (χ0n) is 9.07. The lowest BCUT2D eigenvalue weighted by Gasteiger charge is -2.15. The molecule has 0 amide bonds. The second-order valence-corrected chi connectivity index (χ2v) is 4.19. The third kappa shape index (κ3) is 2.98. The summed E-state index contributed by atoms with van der Waals surface area (Å²) in [6.07, 6.45) is -4.45. The van der Waals surface area contributed by atoms with Gasteiger partial charge in [-0.25, -0.2) is 0 Å². The van der Waals surface area contributed by atoms with Crippen molar-refractivity contribution in [3.63, 3.8) is 0 Å². The second kappa shape index (κ2) is 4.66. The predicted octanol–water partition coefficient (Wildman–Crippen LogP) is 2.82. The Hall–Kier alpha value is -1.07. The van der Waals surface area contributed by atoms with Gasteiger partial charge in [0.15, 0.2) is 0 Å². The zero-order chi connectivity index (χ0) is 12.5. The van der Waals surface area contributed by atoms with Gasteiger partial charge in [0.1, 0.15) is 0 Å². The Morgan fingerprint density at radius 1 is 1.29 bits per heavy atom. The highest BCUT2D eigenvalue weighted by atomic mass is 19.4. The number of rotatable bonds is 3. The maximum atomic E-state index is 11.8. The van der Waals surface area contributed by atoms with Gasteiger partial charge in [-0.3, -0.25) is 4.74 Å². The number of aliphatic hydroxyl groups excluding tert-OH is 1. The molecule has 17 heavy (non-hydrogen) atoms. The van der Waals surface area contributed by atoms with Gasteiger partial charge in [0.05, 0.1) is 12.7 Å². The van der Waals surface area contributed by atoms with Gasteiger partial charge >= 0.3 is 6.36 Å². The number of halogens is 3. The van der Waals surface area contributed by atoms with Crippen molar-refractivity contribution < 1.29 is 23.0 Å². The van der Waals surface area contributed by atoms with Crippen LogP contribution in [0.1, 0.15) is 23.7 Å². The molecule has 94 valence electrons. The molecule has 0 saturated carbocycles. The van der Waals surface area contributed by atoms with Gasteiger partial charge < -0.3 is 5.11 Å². The van der Waals surface area contributed by atoms with E-state index in [1.54, 1.807) is 0 Å². The van der Waals surface area contributed by atoms with Gasteiger partial charge in [-0.15, -0.1) is 13.2 Å². The molecule has 0 heterocycles. The third-order valence-corrected chi connectivity index (χ3v) is 3.06. The molecule has 0 bridgehead atoms. The number of alkyl halides is 3. The molecule has 1 aliphatic rings. The molecule has 1 aromatic rings. The average Bonchev–Trinajstić information content (AvgIpc) is 2.55. The number of fused-ring (bicyclic) bond motifs is 1. The standard InChI is InChI=1S/C12H13F3O2/c13-12(14,15)17-6-5-9-7-8-3-1-2-4-10(8)11(9)16/h1-4,9,11,16H,5-7H2. The van der Waals surface area contributed by atoms with Crippen LogP contribution in [0.15, 0.2) is 24.3 Å². The second-order valence-electron chi connectivity index (χ2n) is 4.19. The first-order chi connectivity index (χ1) is 7.97. The molecular formula is C12H13F3O2. The van der Waals surface area contributed by atoms with Crippen molar-refractivity contribution in [1.82, 2.24) is 0 Å². The molecule has 0 radical (unpaired) electrons. The van der Waals surface area contributed by atoms with E-state index in [-0.39, 0.29) is 12.3 Å². The third-order valence-electron chi connectivity index (χ3n) is 3.06. The van der Waals surface area contributed by atoms with Crippen LogP contribution in [0, 0.1) is 5.92 Å². The molecule has 0 saturated heterocycles. The Labute approximate surface area is 97.0 Å². The molecule has 0 spiro atoms. The van der Waals surface area contributed by atoms with E-state index in [2.05, 4.69) is 4.74 Å².